The maximum atomic E-state index is 11.0. The third kappa shape index (κ3) is 4.10. The molecule has 8 nitrogen and oxygen atoms in total. The summed E-state index contributed by atoms with van der Waals surface area (Å²) in [6.45, 7) is 0. The third-order valence-corrected chi connectivity index (χ3v) is 5.04. The third-order valence-electron chi connectivity index (χ3n) is 1.88. The Morgan fingerprint density at radius 2 is 1.33 bits per heavy atom. The van der Waals surface area contributed by atoms with Crippen LogP contribution >= 0.6 is 15.2 Å². The first-order valence-corrected chi connectivity index (χ1v) is 7.92. The van der Waals surface area contributed by atoms with Gasteiger partial charge < -0.3 is 29.0 Å². The van der Waals surface area contributed by atoms with Crippen molar-refractivity contribution in [2.45, 2.75) is 5.59 Å². The van der Waals surface area contributed by atoms with Crippen molar-refractivity contribution < 1.29 is 38.2 Å². The minimum absolute atomic E-state index is 0.0903. The fraction of sp³-hybridized carbons (Fsp3) is 0.250. The van der Waals surface area contributed by atoms with Crippen LogP contribution in [0.15, 0.2) is 24.3 Å². The van der Waals surface area contributed by atoms with Crippen LogP contribution in [-0.2, 0) is 9.13 Å². The molecule has 0 heterocycles. The van der Waals surface area contributed by atoms with Gasteiger partial charge in [0.15, 0.2) is 0 Å². The first kappa shape index (κ1) is 15.2. The van der Waals surface area contributed by atoms with Gasteiger partial charge in [0.1, 0.15) is 11.5 Å². The Kier molecular flexibility index (Phi) is 4.55. The molecule has 0 aliphatic heterocycles. The molecule has 0 saturated carbocycles. The summed E-state index contributed by atoms with van der Waals surface area (Å²) in [6, 6.07) is 5.39. The molecule has 18 heavy (non-hydrogen) atoms. The second-order valence-corrected chi connectivity index (χ2v) is 7.00. The highest BCUT2D eigenvalue weighted by molar-refractivity contribution is 7.70. The molecule has 4 N–H and O–H groups in total. The van der Waals surface area contributed by atoms with Gasteiger partial charge in [-0.05, 0) is 24.3 Å². The number of hydrogen-bond donors (Lipinski definition) is 4. The molecule has 0 aliphatic rings. The number of benzene rings is 1. The lowest BCUT2D eigenvalue weighted by molar-refractivity contribution is 0.236. The van der Waals surface area contributed by atoms with E-state index in [1.165, 1.54) is 31.4 Å². The molecule has 1 aromatic rings. The van der Waals surface area contributed by atoms with Gasteiger partial charge in [-0.25, -0.2) is 0 Å². The van der Waals surface area contributed by atoms with Crippen LogP contribution in [0.3, 0.4) is 0 Å². The van der Waals surface area contributed by atoms with E-state index in [-0.39, 0.29) is 5.75 Å². The lowest BCUT2D eigenvalue weighted by Gasteiger charge is -2.20. The van der Waals surface area contributed by atoms with Crippen LogP contribution in [0.1, 0.15) is 0 Å². The second kappa shape index (κ2) is 5.40. The lowest BCUT2D eigenvalue weighted by Crippen LogP contribution is -2.17. The quantitative estimate of drug-likeness (QED) is 0.584. The van der Waals surface area contributed by atoms with Crippen LogP contribution in [-0.4, -0.2) is 32.3 Å². The monoisotopic (exact) mass is 298 g/mol. The zero-order valence-electron chi connectivity index (χ0n) is 9.20. The molecule has 0 aromatic heterocycles. The van der Waals surface area contributed by atoms with Crippen molar-refractivity contribution >= 4 is 15.2 Å². The molecule has 0 amide bonds. The molecule has 0 unspecified atom stereocenters. The Balaban J connectivity index is 2.97. The first-order valence-electron chi connectivity index (χ1n) is 4.56. The largest absolute Gasteiger partial charge is 0.497 e. The molecule has 0 saturated heterocycles. The van der Waals surface area contributed by atoms with Gasteiger partial charge >= 0.3 is 15.2 Å². The van der Waals surface area contributed by atoms with Gasteiger partial charge in [-0.15, -0.1) is 0 Å². The molecule has 0 aliphatic carbocycles. The maximum Gasteiger partial charge on any atom is 0.378 e. The summed E-state index contributed by atoms with van der Waals surface area (Å²) in [7, 11) is -8.78. The van der Waals surface area contributed by atoms with Crippen molar-refractivity contribution in [3.8, 4) is 11.5 Å². The molecule has 1 rings (SSSR count). The highest BCUT2D eigenvalue weighted by Gasteiger charge is 2.45. The standard InChI is InChI=1S/C8H12O8P2/c1-15-6-2-4-7(5-3-6)16-8(17(9,10)11)18(12,13)14/h2-5,8H,1H3,(H2,9,10,11)(H2,12,13,14). The first-order chi connectivity index (χ1) is 8.14. The summed E-state index contributed by atoms with van der Waals surface area (Å²) in [5.74, 6) is 0.374. The van der Waals surface area contributed by atoms with E-state index < -0.39 is 20.8 Å². The predicted molar refractivity (Wildman–Crippen MR) is 61.5 cm³/mol. The number of methoxy groups -OCH3 is 1. The summed E-state index contributed by atoms with van der Waals surface area (Å²) in [5, 5.41) is 0. The van der Waals surface area contributed by atoms with Crippen LogP contribution in [0.25, 0.3) is 0 Å². The van der Waals surface area contributed by atoms with Crippen molar-refractivity contribution in [2.24, 2.45) is 0 Å². The van der Waals surface area contributed by atoms with E-state index in [1.807, 2.05) is 0 Å². The lowest BCUT2D eigenvalue weighted by atomic mass is 10.3. The topological polar surface area (TPSA) is 134 Å². The summed E-state index contributed by atoms with van der Waals surface area (Å²) in [4.78, 5) is 35.4. The number of rotatable bonds is 5. The van der Waals surface area contributed by atoms with E-state index in [0.29, 0.717) is 5.75 Å². The summed E-state index contributed by atoms with van der Waals surface area (Å²) >= 11 is 0. The molecule has 1 aromatic carbocycles. The fourth-order valence-corrected chi connectivity index (χ4v) is 3.19. The van der Waals surface area contributed by atoms with Gasteiger partial charge in [-0.1, -0.05) is 0 Å². The van der Waals surface area contributed by atoms with Gasteiger partial charge in [0.05, 0.1) is 7.11 Å². The predicted octanol–water partition coefficient (Wildman–Crippen LogP) is 0.713. The Labute approximate surface area is 102 Å². The van der Waals surface area contributed by atoms with Gasteiger partial charge in [-0.2, -0.15) is 0 Å². The van der Waals surface area contributed by atoms with Crippen molar-refractivity contribution in [1.82, 2.24) is 0 Å². The Hall–Kier alpha value is -0.880. The molecule has 0 spiro atoms. The SMILES string of the molecule is COc1ccc(OC(P(=O)(O)O)P(=O)(O)O)cc1. The van der Waals surface area contributed by atoms with Crippen molar-refractivity contribution in [3.05, 3.63) is 24.3 Å². The minimum atomic E-state index is -5.10. The Morgan fingerprint density at radius 1 is 0.944 bits per heavy atom. The maximum absolute atomic E-state index is 11.0. The molecule has 0 fully saturated rings. The van der Waals surface area contributed by atoms with Gasteiger partial charge in [-0.3, -0.25) is 9.13 Å². The van der Waals surface area contributed by atoms with Crippen LogP contribution < -0.4 is 9.47 Å². The molecule has 0 atom stereocenters. The van der Waals surface area contributed by atoms with Crippen LogP contribution in [0.2, 0.25) is 0 Å². The van der Waals surface area contributed by atoms with Crippen molar-refractivity contribution in [3.63, 3.8) is 0 Å². The normalized spacial score (nSPS) is 12.6. The van der Waals surface area contributed by atoms with E-state index >= 15 is 0 Å². The Morgan fingerprint density at radius 3 is 1.67 bits per heavy atom. The number of hydrogen-bond acceptors (Lipinski definition) is 4. The van der Waals surface area contributed by atoms with E-state index in [0.717, 1.165) is 0 Å². The zero-order valence-corrected chi connectivity index (χ0v) is 11.0. The second-order valence-electron chi connectivity index (χ2n) is 3.30. The van der Waals surface area contributed by atoms with Crippen LogP contribution in [0.5, 0.6) is 11.5 Å². The summed E-state index contributed by atoms with van der Waals surface area (Å²) in [6.07, 6.45) is 0. The van der Waals surface area contributed by atoms with Gasteiger partial charge in [0.25, 0.3) is 5.59 Å². The Bertz CT molecular complexity index is 464. The highest BCUT2D eigenvalue weighted by atomic mass is 31.2. The summed E-state index contributed by atoms with van der Waals surface area (Å²) < 4.78 is 31.4. The summed E-state index contributed by atoms with van der Waals surface area (Å²) in [5.41, 5.74) is -2.52. The molecule has 0 radical (unpaired) electrons. The average Bonchev–Trinajstić information content (AvgIpc) is 2.23. The molecular formula is C8H12O8P2. The van der Waals surface area contributed by atoms with Crippen molar-refractivity contribution in [2.75, 3.05) is 7.11 Å². The zero-order chi connectivity index (χ0) is 14.0. The average molecular weight is 298 g/mol. The van der Waals surface area contributed by atoms with Gasteiger partial charge in [0, 0.05) is 0 Å². The van der Waals surface area contributed by atoms with Crippen LogP contribution in [0.4, 0.5) is 0 Å². The smallest absolute Gasteiger partial charge is 0.378 e. The highest BCUT2D eigenvalue weighted by Crippen LogP contribution is 2.60. The number of ether oxygens (including phenoxy) is 2. The van der Waals surface area contributed by atoms with E-state index in [4.69, 9.17) is 24.3 Å². The van der Waals surface area contributed by atoms with Crippen molar-refractivity contribution in [1.29, 1.82) is 0 Å². The molecular weight excluding hydrogens is 286 g/mol. The van der Waals surface area contributed by atoms with E-state index in [9.17, 15) is 9.13 Å². The molecule has 0 bridgehead atoms. The fourth-order valence-electron chi connectivity index (χ4n) is 1.11. The minimum Gasteiger partial charge on any atom is -0.497 e. The molecule has 10 heteroatoms. The van der Waals surface area contributed by atoms with Gasteiger partial charge in [0.2, 0.25) is 0 Å². The van der Waals surface area contributed by atoms with E-state index in [1.54, 1.807) is 0 Å². The van der Waals surface area contributed by atoms with Crippen LogP contribution in [0, 0.1) is 0 Å². The molecule has 102 valence electrons. The van der Waals surface area contributed by atoms with E-state index in [2.05, 4.69) is 4.74 Å².